The van der Waals surface area contributed by atoms with Crippen molar-refractivity contribution >= 4 is 11.7 Å². The van der Waals surface area contributed by atoms with Gasteiger partial charge in [-0.1, -0.05) is 58.1 Å². The molecule has 3 nitrogen and oxygen atoms in total. The molecule has 28 heavy (non-hydrogen) atoms. The Morgan fingerprint density at radius 1 is 1.07 bits per heavy atom. The fourth-order valence-electron chi connectivity index (χ4n) is 5.16. The lowest BCUT2D eigenvalue weighted by molar-refractivity contribution is -0.138. The van der Waals surface area contributed by atoms with Crippen LogP contribution in [-0.4, -0.2) is 29.7 Å². The average molecular weight is 390 g/mol. The van der Waals surface area contributed by atoms with E-state index in [4.69, 9.17) is 0 Å². The first-order valence-electron chi connectivity index (χ1n) is 11.7. The quantitative estimate of drug-likeness (QED) is 0.433. The lowest BCUT2D eigenvalue weighted by Crippen LogP contribution is -2.40. The van der Waals surface area contributed by atoms with Crippen molar-refractivity contribution < 1.29 is 9.59 Å². The smallest absolute Gasteiger partial charge is 0.223 e. The van der Waals surface area contributed by atoms with Crippen molar-refractivity contribution in [3.05, 3.63) is 11.1 Å². The molecular formula is C25H43NO2. The fraction of sp³-hybridized carbons (Fsp3) is 0.840. The minimum absolute atomic E-state index is 0.176. The van der Waals surface area contributed by atoms with Crippen LogP contribution in [0.4, 0.5) is 0 Å². The summed E-state index contributed by atoms with van der Waals surface area (Å²) < 4.78 is 0. The van der Waals surface area contributed by atoms with Gasteiger partial charge in [-0.05, 0) is 62.7 Å². The highest BCUT2D eigenvalue weighted by molar-refractivity contribution is 5.87. The summed E-state index contributed by atoms with van der Waals surface area (Å²) in [6, 6.07) is 0. The van der Waals surface area contributed by atoms with E-state index in [-0.39, 0.29) is 11.7 Å². The summed E-state index contributed by atoms with van der Waals surface area (Å²) in [6.07, 6.45) is 12.2. The Hall–Kier alpha value is -1.12. The number of ketones is 1. The number of piperidine rings is 1. The van der Waals surface area contributed by atoms with Crippen LogP contribution in [-0.2, 0) is 9.59 Å². The standard InChI is InChI=1S/C25H43NO2/c1-19(13-14-23-21(3)11-7-15-25(23,4)5)9-6-10-20(2)17-24(28)26-16-8-12-22(27)18-26/h19-20H,6-18H2,1-5H3. The number of hydrogen-bond donors (Lipinski definition) is 0. The van der Waals surface area contributed by atoms with Crippen LogP contribution in [0.2, 0.25) is 0 Å². The molecule has 3 heteroatoms. The van der Waals surface area contributed by atoms with Crippen LogP contribution in [0, 0.1) is 17.3 Å². The average Bonchev–Trinajstić information content (AvgIpc) is 2.60. The number of allylic oxidation sites excluding steroid dienone is 2. The highest BCUT2D eigenvalue weighted by Gasteiger charge is 2.28. The van der Waals surface area contributed by atoms with E-state index in [1.165, 1.54) is 44.9 Å². The molecular weight excluding hydrogens is 346 g/mol. The molecule has 1 saturated heterocycles. The zero-order chi connectivity index (χ0) is 20.7. The van der Waals surface area contributed by atoms with E-state index in [0.717, 1.165) is 25.3 Å². The van der Waals surface area contributed by atoms with Crippen LogP contribution in [0.5, 0.6) is 0 Å². The zero-order valence-electron chi connectivity index (χ0n) is 19.1. The third kappa shape index (κ3) is 7.04. The Labute approximate surface area is 173 Å². The molecule has 1 aliphatic heterocycles. The molecule has 0 spiro atoms. The predicted molar refractivity (Wildman–Crippen MR) is 117 cm³/mol. The summed E-state index contributed by atoms with van der Waals surface area (Å²) in [5.41, 5.74) is 3.76. The maximum Gasteiger partial charge on any atom is 0.223 e. The largest absolute Gasteiger partial charge is 0.335 e. The number of amides is 1. The molecule has 2 unspecified atom stereocenters. The van der Waals surface area contributed by atoms with Crippen LogP contribution in [0.15, 0.2) is 11.1 Å². The topological polar surface area (TPSA) is 37.4 Å². The van der Waals surface area contributed by atoms with Gasteiger partial charge < -0.3 is 4.90 Å². The van der Waals surface area contributed by atoms with Gasteiger partial charge in [0.1, 0.15) is 0 Å². The number of rotatable bonds is 9. The van der Waals surface area contributed by atoms with E-state index in [2.05, 4.69) is 34.6 Å². The molecule has 0 aromatic heterocycles. The Balaban J connectivity index is 1.65. The molecule has 0 aromatic carbocycles. The summed E-state index contributed by atoms with van der Waals surface area (Å²) in [7, 11) is 0. The number of likely N-dealkylation sites (tertiary alicyclic amines) is 1. The van der Waals surface area contributed by atoms with E-state index in [9.17, 15) is 9.59 Å². The SMILES string of the molecule is CC1=C(CCC(C)CCCC(C)CC(=O)N2CCCC(=O)C2)C(C)(C)CCC1. The number of nitrogens with zero attached hydrogens (tertiary/aromatic N) is 1. The normalized spacial score (nSPS) is 22.3. The van der Waals surface area contributed by atoms with Gasteiger partial charge >= 0.3 is 0 Å². The van der Waals surface area contributed by atoms with E-state index >= 15 is 0 Å². The molecule has 0 bridgehead atoms. The molecule has 0 radical (unpaired) electrons. The van der Waals surface area contributed by atoms with Crippen LogP contribution < -0.4 is 0 Å². The van der Waals surface area contributed by atoms with Gasteiger partial charge in [-0.25, -0.2) is 0 Å². The third-order valence-corrected chi connectivity index (χ3v) is 7.09. The molecule has 0 saturated carbocycles. The summed E-state index contributed by atoms with van der Waals surface area (Å²) in [4.78, 5) is 25.7. The first-order chi connectivity index (χ1) is 13.2. The van der Waals surface area contributed by atoms with Gasteiger partial charge in [-0.15, -0.1) is 0 Å². The van der Waals surface area contributed by atoms with Gasteiger partial charge in [0.15, 0.2) is 5.78 Å². The number of carbonyl (C=O) groups excluding carboxylic acids is 2. The first kappa shape index (κ1) is 23.2. The summed E-state index contributed by atoms with van der Waals surface area (Å²) in [5, 5.41) is 0. The van der Waals surface area contributed by atoms with E-state index in [1.54, 1.807) is 16.0 Å². The van der Waals surface area contributed by atoms with Crippen LogP contribution in [0.25, 0.3) is 0 Å². The molecule has 0 aromatic rings. The van der Waals surface area contributed by atoms with Gasteiger partial charge in [0.25, 0.3) is 0 Å². The third-order valence-electron chi connectivity index (χ3n) is 7.09. The van der Waals surface area contributed by atoms with Crippen molar-refractivity contribution in [1.29, 1.82) is 0 Å². The number of carbonyl (C=O) groups is 2. The van der Waals surface area contributed by atoms with Crippen LogP contribution >= 0.6 is 0 Å². The highest BCUT2D eigenvalue weighted by Crippen LogP contribution is 2.42. The monoisotopic (exact) mass is 389 g/mol. The van der Waals surface area contributed by atoms with E-state index < -0.39 is 0 Å². The molecule has 0 N–H and O–H groups in total. The molecule has 1 aliphatic carbocycles. The predicted octanol–water partition coefficient (Wildman–Crippen LogP) is 6.32. The lowest BCUT2D eigenvalue weighted by atomic mass is 9.70. The minimum atomic E-state index is 0.176. The van der Waals surface area contributed by atoms with Crippen molar-refractivity contribution in [3.8, 4) is 0 Å². The second kappa shape index (κ2) is 10.6. The van der Waals surface area contributed by atoms with Gasteiger partial charge in [-0.2, -0.15) is 0 Å². The molecule has 1 heterocycles. The van der Waals surface area contributed by atoms with Gasteiger partial charge in [0.2, 0.25) is 5.91 Å². The molecule has 2 aliphatic rings. The Bertz CT molecular complexity index is 575. The van der Waals surface area contributed by atoms with Gasteiger partial charge in [0.05, 0.1) is 6.54 Å². The fourth-order valence-corrected chi connectivity index (χ4v) is 5.16. The van der Waals surface area contributed by atoms with Crippen LogP contribution in [0.1, 0.15) is 105 Å². The first-order valence-corrected chi connectivity index (χ1v) is 11.7. The van der Waals surface area contributed by atoms with Crippen molar-refractivity contribution in [1.82, 2.24) is 4.90 Å². The molecule has 1 amide bonds. The Kier molecular flexibility index (Phi) is 8.77. The van der Waals surface area contributed by atoms with E-state index in [1.807, 2.05) is 0 Å². The maximum absolute atomic E-state index is 12.4. The molecule has 1 fully saturated rings. The van der Waals surface area contributed by atoms with Crippen molar-refractivity contribution in [2.45, 2.75) is 105 Å². The van der Waals surface area contributed by atoms with Gasteiger partial charge in [-0.3, -0.25) is 9.59 Å². The van der Waals surface area contributed by atoms with Crippen molar-refractivity contribution in [2.24, 2.45) is 17.3 Å². The number of Topliss-reactive ketones (excluding diaryl/α,β-unsaturated/α-hetero) is 1. The second-order valence-corrected chi connectivity index (χ2v) is 10.3. The van der Waals surface area contributed by atoms with E-state index in [0.29, 0.717) is 30.7 Å². The Morgan fingerprint density at radius 3 is 2.46 bits per heavy atom. The molecule has 2 rings (SSSR count). The Morgan fingerprint density at radius 2 is 1.79 bits per heavy atom. The summed E-state index contributed by atoms with van der Waals surface area (Å²) in [5.74, 6) is 1.56. The molecule has 160 valence electrons. The molecule has 2 atom stereocenters. The second-order valence-electron chi connectivity index (χ2n) is 10.3. The minimum Gasteiger partial charge on any atom is -0.335 e. The zero-order valence-corrected chi connectivity index (χ0v) is 19.1. The number of hydrogen-bond acceptors (Lipinski definition) is 2. The van der Waals surface area contributed by atoms with Crippen molar-refractivity contribution in [3.63, 3.8) is 0 Å². The summed E-state index contributed by atoms with van der Waals surface area (Å²) in [6.45, 7) is 12.9. The highest BCUT2D eigenvalue weighted by atomic mass is 16.2. The van der Waals surface area contributed by atoms with Crippen LogP contribution in [0.3, 0.4) is 0 Å². The van der Waals surface area contributed by atoms with Crippen molar-refractivity contribution in [2.75, 3.05) is 13.1 Å². The summed E-state index contributed by atoms with van der Waals surface area (Å²) >= 11 is 0. The lowest BCUT2D eigenvalue weighted by Gasteiger charge is -2.35. The maximum atomic E-state index is 12.4. The van der Waals surface area contributed by atoms with Gasteiger partial charge in [0, 0.05) is 19.4 Å².